The maximum atomic E-state index is 9.31. The maximum Gasteiger partial charge on any atom is 0.0578 e. The minimum Gasteiger partial charge on any atom is -0.396 e. The SMILES string of the molecule is C=C(CC)CC(O)CCCO. The summed E-state index contributed by atoms with van der Waals surface area (Å²) in [5, 5.41) is 17.8. The van der Waals surface area contributed by atoms with Gasteiger partial charge in [0, 0.05) is 6.61 Å². The van der Waals surface area contributed by atoms with Crippen LogP contribution in [0.15, 0.2) is 12.2 Å². The summed E-state index contributed by atoms with van der Waals surface area (Å²) >= 11 is 0. The highest BCUT2D eigenvalue weighted by molar-refractivity contribution is 4.94. The van der Waals surface area contributed by atoms with Crippen LogP contribution in [0.4, 0.5) is 0 Å². The van der Waals surface area contributed by atoms with Crippen LogP contribution in [0, 0.1) is 0 Å². The second kappa shape index (κ2) is 6.38. The lowest BCUT2D eigenvalue weighted by atomic mass is 10.0. The highest BCUT2D eigenvalue weighted by Crippen LogP contribution is 2.10. The van der Waals surface area contributed by atoms with Crippen molar-refractivity contribution >= 4 is 0 Å². The van der Waals surface area contributed by atoms with Gasteiger partial charge in [-0.05, 0) is 25.7 Å². The molecule has 0 aliphatic rings. The largest absolute Gasteiger partial charge is 0.396 e. The standard InChI is InChI=1S/C9H18O2/c1-3-8(2)7-9(11)5-4-6-10/h9-11H,2-7H2,1H3. The summed E-state index contributed by atoms with van der Waals surface area (Å²) in [5.74, 6) is 0. The fraction of sp³-hybridized carbons (Fsp3) is 0.778. The molecule has 0 bridgehead atoms. The predicted molar refractivity (Wildman–Crippen MR) is 46.4 cm³/mol. The van der Waals surface area contributed by atoms with Crippen molar-refractivity contribution in [3.63, 3.8) is 0 Å². The Morgan fingerprint density at radius 1 is 1.55 bits per heavy atom. The van der Waals surface area contributed by atoms with E-state index in [0.717, 1.165) is 12.0 Å². The molecule has 0 amide bonds. The van der Waals surface area contributed by atoms with Gasteiger partial charge in [-0.1, -0.05) is 19.1 Å². The molecular formula is C9H18O2. The second-order valence-electron chi connectivity index (χ2n) is 2.83. The number of hydrogen-bond donors (Lipinski definition) is 2. The number of rotatable bonds is 6. The fourth-order valence-electron chi connectivity index (χ4n) is 0.907. The Kier molecular flexibility index (Phi) is 6.18. The topological polar surface area (TPSA) is 40.5 Å². The molecule has 0 radical (unpaired) electrons. The fourth-order valence-corrected chi connectivity index (χ4v) is 0.907. The van der Waals surface area contributed by atoms with Crippen molar-refractivity contribution in [2.45, 2.75) is 38.7 Å². The summed E-state index contributed by atoms with van der Waals surface area (Å²) in [7, 11) is 0. The average Bonchev–Trinajstić information content (AvgIpc) is 2.00. The van der Waals surface area contributed by atoms with E-state index in [1.54, 1.807) is 0 Å². The summed E-state index contributed by atoms with van der Waals surface area (Å²) in [4.78, 5) is 0. The van der Waals surface area contributed by atoms with Crippen molar-refractivity contribution in [1.82, 2.24) is 0 Å². The van der Waals surface area contributed by atoms with Crippen LogP contribution in [-0.4, -0.2) is 22.9 Å². The molecule has 0 aromatic carbocycles. The van der Waals surface area contributed by atoms with Crippen LogP contribution in [-0.2, 0) is 0 Å². The normalized spacial score (nSPS) is 13.0. The Labute approximate surface area is 68.6 Å². The highest BCUT2D eigenvalue weighted by atomic mass is 16.3. The van der Waals surface area contributed by atoms with Gasteiger partial charge in [0.25, 0.3) is 0 Å². The van der Waals surface area contributed by atoms with Gasteiger partial charge in [0.1, 0.15) is 0 Å². The van der Waals surface area contributed by atoms with Crippen molar-refractivity contribution in [2.24, 2.45) is 0 Å². The van der Waals surface area contributed by atoms with Gasteiger partial charge in [-0.25, -0.2) is 0 Å². The Bertz CT molecular complexity index is 110. The molecule has 2 heteroatoms. The van der Waals surface area contributed by atoms with E-state index in [1.165, 1.54) is 0 Å². The van der Waals surface area contributed by atoms with Crippen LogP contribution in [0.3, 0.4) is 0 Å². The highest BCUT2D eigenvalue weighted by Gasteiger charge is 2.03. The molecule has 0 saturated heterocycles. The van der Waals surface area contributed by atoms with Crippen LogP contribution < -0.4 is 0 Å². The number of aliphatic hydroxyl groups excluding tert-OH is 2. The van der Waals surface area contributed by atoms with Crippen molar-refractivity contribution in [3.05, 3.63) is 12.2 Å². The smallest absolute Gasteiger partial charge is 0.0578 e. The molecular weight excluding hydrogens is 140 g/mol. The molecule has 0 aromatic heterocycles. The molecule has 1 unspecified atom stereocenters. The minimum absolute atomic E-state index is 0.162. The van der Waals surface area contributed by atoms with Gasteiger partial charge in [-0.3, -0.25) is 0 Å². The lowest BCUT2D eigenvalue weighted by Crippen LogP contribution is -2.07. The first-order valence-corrected chi connectivity index (χ1v) is 4.16. The average molecular weight is 158 g/mol. The zero-order chi connectivity index (χ0) is 8.69. The maximum absolute atomic E-state index is 9.31. The molecule has 0 heterocycles. The van der Waals surface area contributed by atoms with E-state index in [2.05, 4.69) is 6.58 Å². The molecule has 0 fully saturated rings. The lowest BCUT2D eigenvalue weighted by Gasteiger charge is -2.09. The first kappa shape index (κ1) is 10.7. The molecule has 0 aliphatic carbocycles. The molecule has 0 saturated carbocycles. The van der Waals surface area contributed by atoms with Crippen LogP contribution >= 0.6 is 0 Å². The van der Waals surface area contributed by atoms with E-state index in [9.17, 15) is 5.11 Å². The van der Waals surface area contributed by atoms with Gasteiger partial charge >= 0.3 is 0 Å². The molecule has 0 aromatic rings. The molecule has 1 atom stereocenters. The summed E-state index contributed by atoms with van der Waals surface area (Å²) in [6, 6.07) is 0. The Balaban J connectivity index is 3.35. The Morgan fingerprint density at radius 2 is 2.18 bits per heavy atom. The van der Waals surface area contributed by atoms with Crippen molar-refractivity contribution < 1.29 is 10.2 Å². The van der Waals surface area contributed by atoms with Crippen LogP contribution in [0.2, 0.25) is 0 Å². The lowest BCUT2D eigenvalue weighted by molar-refractivity contribution is 0.149. The van der Waals surface area contributed by atoms with Gasteiger partial charge in [0.15, 0.2) is 0 Å². The quantitative estimate of drug-likeness (QED) is 0.575. The van der Waals surface area contributed by atoms with Crippen molar-refractivity contribution in [1.29, 1.82) is 0 Å². The zero-order valence-electron chi connectivity index (χ0n) is 7.21. The molecule has 0 rings (SSSR count). The van der Waals surface area contributed by atoms with Crippen LogP contribution in [0.5, 0.6) is 0 Å². The zero-order valence-corrected chi connectivity index (χ0v) is 7.21. The first-order chi connectivity index (χ1) is 5.20. The molecule has 2 nitrogen and oxygen atoms in total. The van der Waals surface area contributed by atoms with Gasteiger partial charge < -0.3 is 10.2 Å². The van der Waals surface area contributed by atoms with E-state index in [0.29, 0.717) is 19.3 Å². The Hall–Kier alpha value is -0.340. The third kappa shape index (κ3) is 6.07. The van der Waals surface area contributed by atoms with E-state index in [1.807, 2.05) is 6.92 Å². The first-order valence-electron chi connectivity index (χ1n) is 4.16. The Morgan fingerprint density at radius 3 is 2.64 bits per heavy atom. The van der Waals surface area contributed by atoms with Gasteiger partial charge in [-0.15, -0.1) is 0 Å². The van der Waals surface area contributed by atoms with Crippen molar-refractivity contribution in [2.75, 3.05) is 6.61 Å². The van der Waals surface area contributed by atoms with Gasteiger partial charge in [0.2, 0.25) is 0 Å². The number of hydrogen-bond acceptors (Lipinski definition) is 2. The summed E-state index contributed by atoms with van der Waals surface area (Å²) in [5.41, 5.74) is 1.08. The number of aliphatic hydroxyl groups is 2. The molecule has 0 aliphatic heterocycles. The van der Waals surface area contributed by atoms with E-state index in [-0.39, 0.29) is 12.7 Å². The van der Waals surface area contributed by atoms with Crippen molar-refractivity contribution in [3.8, 4) is 0 Å². The monoisotopic (exact) mass is 158 g/mol. The summed E-state index contributed by atoms with van der Waals surface area (Å²) in [6.45, 7) is 5.99. The van der Waals surface area contributed by atoms with Gasteiger partial charge in [0.05, 0.1) is 6.10 Å². The molecule has 0 spiro atoms. The van der Waals surface area contributed by atoms with E-state index >= 15 is 0 Å². The third-order valence-electron chi connectivity index (χ3n) is 1.72. The predicted octanol–water partition coefficient (Wildman–Crippen LogP) is 1.48. The van der Waals surface area contributed by atoms with Gasteiger partial charge in [-0.2, -0.15) is 0 Å². The summed E-state index contributed by atoms with van der Waals surface area (Å²) < 4.78 is 0. The van der Waals surface area contributed by atoms with Crippen LogP contribution in [0.25, 0.3) is 0 Å². The van der Waals surface area contributed by atoms with E-state index in [4.69, 9.17) is 5.11 Å². The minimum atomic E-state index is -0.311. The second-order valence-corrected chi connectivity index (χ2v) is 2.83. The van der Waals surface area contributed by atoms with E-state index < -0.39 is 0 Å². The summed E-state index contributed by atoms with van der Waals surface area (Å²) in [6.07, 6.45) is 2.65. The van der Waals surface area contributed by atoms with Crippen LogP contribution in [0.1, 0.15) is 32.6 Å². The molecule has 2 N–H and O–H groups in total. The molecule has 11 heavy (non-hydrogen) atoms. The molecule has 66 valence electrons. The third-order valence-corrected chi connectivity index (χ3v) is 1.72.